The van der Waals surface area contributed by atoms with Crippen molar-refractivity contribution in [3.8, 4) is 0 Å². The highest BCUT2D eigenvalue weighted by Crippen LogP contribution is 2.31. The van der Waals surface area contributed by atoms with E-state index in [1.807, 2.05) is 0 Å². The lowest BCUT2D eigenvalue weighted by Gasteiger charge is -2.31. The van der Waals surface area contributed by atoms with Gasteiger partial charge >= 0.3 is 0 Å². The minimum absolute atomic E-state index is 0.0423. The van der Waals surface area contributed by atoms with Crippen molar-refractivity contribution in [3.63, 3.8) is 0 Å². The maximum absolute atomic E-state index is 5.29. The molecule has 1 rings (SSSR count). The number of methoxy groups -OCH3 is 2. The SMILES string of the molecule is COC(OC)[C@H]1CCC(C)=C[C@@H]1C. The molecule has 0 aromatic carbocycles. The zero-order valence-electron chi connectivity index (χ0n) is 9.04. The predicted molar refractivity (Wildman–Crippen MR) is 53.5 cm³/mol. The molecule has 13 heavy (non-hydrogen) atoms. The van der Waals surface area contributed by atoms with E-state index in [1.165, 1.54) is 18.4 Å². The van der Waals surface area contributed by atoms with Crippen molar-refractivity contribution in [1.82, 2.24) is 0 Å². The second-order valence-electron chi connectivity index (χ2n) is 3.91. The standard InChI is InChI=1S/C11H20O2/c1-8-5-6-10(9(2)7-8)11(12-3)13-4/h7,9-11H,5-6H2,1-4H3/t9-,10-/m0/s1. The van der Waals surface area contributed by atoms with E-state index in [-0.39, 0.29) is 6.29 Å². The zero-order chi connectivity index (χ0) is 9.84. The molecule has 2 nitrogen and oxygen atoms in total. The number of ether oxygens (including phenoxy) is 2. The van der Waals surface area contributed by atoms with Gasteiger partial charge in [0.2, 0.25) is 0 Å². The van der Waals surface area contributed by atoms with Crippen LogP contribution in [0.5, 0.6) is 0 Å². The maximum Gasteiger partial charge on any atom is 0.160 e. The molecule has 0 aromatic rings. The van der Waals surface area contributed by atoms with Crippen molar-refractivity contribution >= 4 is 0 Å². The van der Waals surface area contributed by atoms with Crippen LogP contribution in [0, 0.1) is 11.8 Å². The van der Waals surface area contributed by atoms with Crippen LogP contribution in [0.4, 0.5) is 0 Å². The third-order valence-corrected chi connectivity index (χ3v) is 2.91. The van der Waals surface area contributed by atoms with Gasteiger partial charge in [0.15, 0.2) is 6.29 Å². The molecule has 0 unspecified atom stereocenters. The Balaban J connectivity index is 2.61. The second-order valence-corrected chi connectivity index (χ2v) is 3.91. The van der Waals surface area contributed by atoms with E-state index in [4.69, 9.17) is 9.47 Å². The van der Waals surface area contributed by atoms with Gasteiger partial charge in [-0.2, -0.15) is 0 Å². The first-order valence-electron chi connectivity index (χ1n) is 4.92. The molecular formula is C11H20O2. The van der Waals surface area contributed by atoms with E-state index in [0.717, 1.165) is 0 Å². The van der Waals surface area contributed by atoms with Crippen molar-refractivity contribution in [2.45, 2.75) is 33.0 Å². The number of hydrogen-bond acceptors (Lipinski definition) is 2. The zero-order valence-corrected chi connectivity index (χ0v) is 9.04. The van der Waals surface area contributed by atoms with Crippen LogP contribution in [0.15, 0.2) is 11.6 Å². The summed E-state index contributed by atoms with van der Waals surface area (Å²) in [5.74, 6) is 1.08. The van der Waals surface area contributed by atoms with Gasteiger partial charge in [0.05, 0.1) is 0 Å². The van der Waals surface area contributed by atoms with Crippen LogP contribution in [-0.2, 0) is 9.47 Å². The smallest absolute Gasteiger partial charge is 0.160 e. The van der Waals surface area contributed by atoms with Gasteiger partial charge in [-0.25, -0.2) is 0 Å². The van der Waals surface area contributed by atoms with Crippen molar-refractivity contribution < 1.29 is 9.47 Å². The molecule has 2 heteroatoms. The second kappa shape index (κ2) is 4.77. The Hall–Kier alpha value is -0.340. The summed E-state index contributed by atoms with van der Waals surface area (Å²) in [7, 11) is 3.43. The predicted octanol–water partition coefficient (Wildman–Crippen LogP) is 2.60. The first-order chi connectivity index (χ1) is 6.19. The molecule has 0 aromatic heterocycles. The molecule has 0 amide bonds. The summed E-state index contributed by atoms with van der Waals surface area (Å²) in [4.78, 5) is 0. The summed E-state index contributed by atoms with van der Waals surface area (Å²) in [5, 5.41) is 0. The monoisotopic (exact) mass is 184 g/mol. The molecule has 0 radical (unpaired) electrons. The fourth-order valence-electron chi connectivity index (χ4n) is 2.14. The molecule has 0 N–H and O–H groups in total. The fraction of sp³-hybridized carbons (Fsp3) is 0.818. The van der Waals surface area contributed by atoms with Crippen LogP contribution in [0.1, 0.15) is 26.7 Å². The van der Waals surface area contributed by atoms with Crippen LogP contribution in [0.25, 0.3) is 0 Å². The van der Waals surface area contributed by atoms with Crippen molar-refractivity contribution in [1.29, 1.82) is 0 Å². The van der Waals surface area contributed by atoms with Crippen LogP contribution < -0.4 is 0 Å². The highest BCUT2D eigenvalue weighted by atomic mass is 16.7. The number of rotatable bonds is 3. The van der Waals surface area contributed by atoms with E-state index in [2.05, 4.69) is 19.9 Å². The molecule has 76 valence electrons. The van der Waals surface area contributed by atoms with Crippen molar-refractivity contribution in [2.75, 3.05) is 14.2 Å². The van der Waals surface area contributed by atoms with Crippen LogP contribution in [0.3, 0.4) is 0 Å². The molecule has 0 bridgehead atoms. The van der Waals surface area contributed by atoms with Gasteiger partial charge in [0.25, 0.3) is 0 Å². The van der Waals surface area contributed by atoms with Gasteiger partial charge in [-0.15, -0.1) is 0 Å². The molecule has 1 aliphatic rings. The van der Waals surface area contributed by atoms with Crippen LogP contribution in [0.2, 0.25) is 0 Å². The molecule has 1 aliphatic carbocycles. The van der Waals surface area contributed by atoms with Gasteiger partial charge in [0, 0.05) is 20.1 Å². The first-order valence-corrected chi connectivity index (χ1v) is 4.92. The third kappa shape index (κ3) is 2.55. The lowest BCUT2D eigenvalue weighted by Crippen LogP contribution is -2.31. The van der Waals surface area contributed by atoms with E-state index in [0.29, 0.717) is 11.8 Å². The third-order valence-electron chi connectivity index (χ3n) is 2.91. The van der Waals surface area contributed by atoms with E-state index in [9.17, 15) is 0 Å². The molecular weight excluding hydrogens is 164 g/mol. The summed E-state index contributed by atoms with van der Waals surface area (Å²) < 4.78 is 10.6. The Bertz CT molecular complexity index is 183. The Kier molecular flexibility index (Phi) is 3.94. The summed E-state index contributed by atoms with van der Waals surface area (Å²) in [6.45, 7) is 4.43. The Morgan fingerprint density at radius 2 is 2.00 bits per heavy atom. The van der Waals surface area contributed by atoms with Crippen LogP contribution >= 0.6 is 0 Å². The van der Waals surface area contributed by atoms with Gasteiger partial charge in [-0.1, -0.05) is 18.6 Å². The highest BCUT2D eigenvalue weighted by molar-refractivity contribution is 5.06. The minimum Gasteiger partial charge on any atom is -0.356 e. The van der Waals surface area contributed by atoms with Crippen molar-refractivity contribution in [3.05, 3.63) is 11.6 Å². The van der Waals surface area contributed by atoms with Gasteiger partial charge in [-0.05, 0) is 25.7 Å². The molecule has 0 saturated carbocycles. The van der Waals surface area contributed by atoms with E-state index >= 15 is 0 Å². The summed E-state index contributed by atoms with van der Waals surface area (Å²) >= 11 is 0. The normalized spacial score (nSPS) is 29.2. The molecule has 2 atom stereocenters. The number of hydrogen-bond donors (Lipinski definition) is 0. The van der Waals surface area contributed by atoms with Gasteiger partial charge in [0.1, 0.15) is 0 Å². The summed E-state index contributed by atoms with van der Waals surface area (Å²) in [6.07, 6.45) is 4.65. The topological polar surface area (TPSA) is 18.5 Å². The molecule has 0 fully saturated rings. The average molecular weight is 184 g/mol. The summed E-state index contributed by atoms with van der Waals surface area (Å²) in [6, 6.07) is 0. The molecule has 0 spiro atoms. The van der Waals surface area contributed by atoms with Gasteiger partial charge in [-0.3, -0.25) is 0 Å². The molecule has 0 saturated heterocycles. The largest absolute Gasteiger partial charge is 0.356 e. The molecule has 0 aliphatic heterocycles. The van der Waals surface area contributed by atoms with Crippen molar-refractivity contribution in [2.24, 2.45) is 11.8 Å². The molecule has 0 heterocycles. The lowest BCUT2D eigenvalue weighted by atomic mass is 9.82. The first kappa shape index (κ1) is 10.7. The van der Waals surface area contributed by atoms with E-state index in [1.54, 1.807) is 14.2 Å². The van der Waals surface area contributed by atoms with Crippen LogP contribution in [-0.4, -0.2) is 20.5 Å². The lowest BCUT2D eigenvalue weighted by molar-refractivity contribution is -0.147. The maximum atomic E-state index is 5.29. The minimum atomic E-state index is -0.0423. The Morgan fingerprint density at radius 3 is 2.46 bits per heavy atom. The highest BCUT2D eigenvalue weighted by Gasteiger charge is 2.27. The quantitative estimate of drug-likeness (QED) is 0.496. The van der Waals surface area contributed by atoms with E-state index < -0.39 is 0 Å². The fourth-order valence-corrected chi connectivity index (χ4v) is 2.14. The number of allylic oxidation sites excluding steroid dienone is 2. The Morgan fingerprint density at radius 1 is 1.38 bits per heavy atom. The average Bonchev–Trinajstić information content (AvgIpc) is 2.10. The van der Waals surface area contributed by atoms with Gasteiger partial charge < -0.3 is 9.47 Å². The Labute approximate surface area is 80.9 Å². The summed E-state index contributed by atoms with van der Waals surface area (Å²) in [5.41, 5.74) is 1.50.